The van der Waals surface area contributed by atoms with Crippen LogP contribution in [0, 0.1) is 5.82 Å². The van der Waals surface area contributed by atoms with E-state index in [2.05, 4.69) is 5.32 Å². The number of carbonyl (C=O) groups excluding carboxylic acids is 1. The first-order valence-corrected chi connectivity index (χ1v) is 5.12. The van der Waals surface area contributed by atoms with Crippen LogP contribution in [0.3, 0.4) is 0 Å². The van der Waals surface area contributed by atoms with E-state index in [1.165, 1.54) is 6.07 Å². The molecular weight excluding hydrogens is 217 g/mol. The monoisotopic (exact) mass is 229 g/mol. The van der Waals surface area contributed by atoms with Crippen molar-refractivity contribution in [2.75, 3.05) is 13.6 Å². The lowest BCUT2D eigenvalue weighted by molar-refractivity contribution is -0.118. The van der Waals surface area contributed by atoms with E-state index >= 15 is 0 Å². The molecule has 0 unspecified atom stereocenters. The molecule has 0 aliphatic rings. The molecule has 1 aromatic rings. The van der Waals surface area contributed by atoms with E-state index in [0.29, 0.717) is 24.9 Å². The van der Waals surface area contributed by atoms with Crippen molar-refractivity contribution in [3.63, 3.8) is 0 Å². The molecule has 0 radical (unpaired) electrons. The number of carbonyl (C=O) groups is 1. The quantitative estimate of drug-likeness (QED) is 0.839. The van der Waals surface area contributed by atoms with E-state index in [0.717, 1.165) is 0 Å². The van der Waals surface area contributed by atoms with Gasteiger partial charge in [-0.05, 0) is 25.1 Å². The second-order valence-electron chi connectivity index (χ2n) is 3.28. The Balaban J connectivity index is 2.58. The first kappa shape index (κ1) is 12.1. The summed E-state index contributed by atoms with van der Waals surface area (Å²) in [5.41, 5.74) is 0.493. The van der Waals surface area contributed by atoms with Gasteiger partial charge in [0.15, 0.2) is 0 Å². The number of likely N-dealkylation sites (N-methyl/N-ethyl adjacent to an activating group) is 1. The first-order valence-electron chi connectivity index (χ1n) is 4.74. The molecule has 0 fully saturated rings. The Morgan fingerprint density at radius 2 is 2.27 bits per heavy atom. The third-order valence-corrected chi connectivity index (χ3v) is 2.37. The smallest absolute Gasteiger partial charge is 0.146 e. The summed E-state index contributed by atoms with van der Waals surface area (Å²) < 4.78 is 13.4. The maximum absolute atomic E-state index is 13.4. The average Bonchev–Trinajstić information content (AvgIpc) is 2.21. The van der Waals surface area contributed by atoms with E-state index in [1.807, 2.05) is 0 Å². The van der Waals surface area contributed by atoms with E-state index in [4.69, 9.17) is 11.6 Å². The predicted octanol–water partition coefficient (Wildman–Crippen LogP) is 2.20. The van der Waals surface area contributed by atoms with Crippen molar-refractivity contribution in [1.29, 1.82) is 0 Å². The van der Waals surface area contributed by atoms with Gasteiger partial charge in [0.2, 0.25) is 0 Å². The fourth-order valence-electron chi connectivity index (χ4n) is 1.30. The number of halogens is 2. The van der Waals surface area contributed by atoms with Gasteiger partial charge in [0.1, 0.15) is 11.6 Å². The lowest BCUT2D eigenvalue weighted by Crippen LogP contribution is -2.18. The van der Waals surface area contributed by atoms with Crippen LogP contribution in [0.25, 0.3) is 0 Å². The average molecular weight is 230 g/mol. The lowest BCUT2D eigenvalue weighted by Gasteiger charge is -2.03. The molecule has 1 rings (SSSR count). The summed E-state index contributed by atoms with van der Waals surface area (Å²) >= 11 is 5.62. The molecule has 15 heavy (non-hydrogen) atoms. The fourth-order valence-corrected chi connectivity index (χ4v) is 1.50. The van der Waals surface area contributed by atoms with Crippen molar-refractivity contribution in [3.05, 3.63) is 34.6 Å². The minimum atomic E-state index is -0.420. The maximum Gasteiger partial charge on any atom is 0.146 e. The highest BCUT2D eigenvalue weighted by Crippen LogP contribution is 2.18. The molecule has 0 aliphatic heterocycles. The molecule has 0 aliphatic carbocycles. The van der Waals surface area contributed by atoms with E-state index < -0.39 is 5.82 Å². The summed E-state index contributed by atoms with van der Waals surface area (Å²) in [5, 5.41) is 2.87. The topological polar surface area (TPSA) is 29.1 Å². The molecule has 0 heterocycles. The van der Waals surface area contributed by atoms with Crippen molar-refractivity contribution < 1.29 is 9.18 Å². The number of benzene rings is 1. The second-order valence-corrected chi connectivity index (χ2v) is 3.69. The highest BCUT2D eigenvalue weighted by Gasteiger charge is 2.07. The molecular formula is C11H13ClFNO. The number of hydrogen-bond acceptors (Lipinski definition) is 2. The summed E-state index contributed by atoms with van der Waals surface area (Å²) in [7, 11) is 1.71. The summed E-state index contributed by atoms with van der Waals surface area (Å²) in [6.45, 7) is 0.322. The van der Waals surface area contributed by atoms with Crippen LogP contribution >= 0.6 is 11.6 Å². The van der Waals surface area contributed by atoms with Crippen molar-refractivity contribution in [3.8, 4) is 0 Å². The Labute approximate surface area is 93.4 Å². The van der Waals surface area contributed by atoms with Gasteiger partial charge in [0.05, 0.1) is 11.6 Å². The minimum absolute atomic E-state index is 0.0666. The van der Waals surface area contributed by atoms with Gasteiger partial charge in [-0.2, -0.15) is 0 Å². The highest BCUT2D eigenvalue weighted by molar-refractivity contribution is 6.30. The van der Waals surface area contributed by atoms with E-state index in [1.54, 1.807) is 19.2 Å². The van der Waals surface area contributed by atoms with Gasteiger partial charge >= 0.3 is 0 Å². The zero-order valence-electron chi connectivity index (χ0n) is 8.52. The Bertz CT molecular complexity index is 354. The molecule has 2 nitrogen and oxygen atoms in total. The third-order valence-electron chi connectivity index (χ3n) is 2.08. The molecule has 0 amide bonds. The van der Waals surface area contributed by atoms with Gasteiger partial charge in [0.25, 0.3) is 0 Å². The van der Waals surface area contributed by atoms with Gasteiger partial charge in [-0.25, -0.2) is 4.39 Å². The van der Waals surface area contributed by atoms with E-state index in [-0.39, 0.29) is 10.8 Å². The van der Waals surface area contributed by atoms with Crippen LogP contribution in [0.5, 0.6) is 0 Å². The van der Waals surface area contributed by atoms with Crippen LogP contribution in [0.1, 0.15) is 12.0 Å². The van der Waals surface area contributed by atoms with Gasteiger partial charge in [-0.1, -0.05) is 23.7 Å². The van der Waals surface area contributed by atoms with Crippen molar-refractivity contribution in [1.82, 2.24) is 5.32 Å². The van der Waals surface area contributed by atoms with Crippen molar-refractivity contribution in [2.24, 2.45) is 0 Å². The number of ketones is 1. The Morgan fingerprint density at radius 3 is 2.93 bits per heavy atom. The summed E-state index contributed by atoms with van der Waals surface area (Å²) in [6.07, 6.45) is 0.727. The molecule has 0 bridgehead atoms. The van der Waals surface area contributed by atoms with Crippen LogP contribution < -0.4 is 5.32 Å². The van der Waals surface area contributed by atoms with Crippen molar-refractivity contribution in [2.45, 2.75) is 12.8 Å². The van der Waals surface area contributed by atoms with Gasteiger partial charge in [-0.15, -0.1) is 0 Å². The van der Waals surface area contributed by atoms with Gasteiger partial charge in [0, 0.05) is 6.42 Å². The number of Topliss-reactive ketones (excluding diaryl/α,β-unsaturated/α-hetero) is 1. The van der Waals surface area contributed by atoms with Crippen LogP contribution in [-0.4, -0.2) is 19.4 Å². The zero-order chi connectivity index (χ0) is 11.3. The second kappa shape index (κ2) is 5.83. The minimum Gasteiger partial charge on any atom is -0.313 e. The van der Waals surface area contributed by atoms with Crippen molar-refractivity contribution >= 4 is 17.4 Å². The highest BCUT2D eigenvalue weighted by atomic mass is 35.5. The standard InChI is InChI=1S/C11H13ClFNO/c1-14-7-9(15)6-5-8-3-2-4-10(12)11(8)13/h2-4,14H,5-7H2,1H3. The third kappa shape index (κ3) is 3.61. The maximum atomic E-state index is 13.4. The number of nitrogens with one attached hydrogen (secondary N) is 1. The fraction of sp³-hybridized carbons (Fsp3) is 0.364. The molecule has 0 atom stereocenters. The van der Waals surface area contributed by atoms with Crippen LogP contribution in [-0.2, 0) is 11.2 Å². The number of hydrogen-bond donors (Lipinski definition) is 1. The Morgan fingerprint density at radius 1 is 1.53 bits per heavy atom. The Kier molecular flexibility index (Phi) is 4.72. The molecule has 4 heteroatoms. The molecule has 0 spiro atoms. The molecule has 1 N–H and O–H groups in total. The molecule has 1 aromatic carbocycles. The summed E-state index contributed by atoms with van der Waals surface area (Å²) in [5.74, 6) is -0.353. The molecule has 82 valence electrons. The van der Waals surface area contributed by atoms with Gasteiger partial charge < -0.3 is 5.32 Å². The van der Waals surface area contributed by atoms with Crippen LogP contribution in [0.2, 0.25) is 5.02 Å². The molecule has 0 saturated carbocycles. The first-order chi connectivity index (χ1) is 7.15. The van der Waals surface area contributed by atoms with Crippen LogP contribution in [0.15, 0.2) is 18.2 Å². The van der Waals surface area contributed by atoms with E-state index in [9.17, 15) is 9.18 Å². The summed E-state index contributed by atoms with van der Waals surface area (Å²) in [6, 6.07) is 4.83. The van der Waals surface area contributed by atoms with Gasteiger partial charge in [-0.3, -0.25) is 4.79 Å². The zero-order valence-corrected chi connectivity index (χ0v) is 9.27. The molecule has 0 saturated heterocycles. The lowest BCUT2D eigenvalue weighted by atomic mass is 10.1. The van der Waals surface area contributed by atoms with Crippen LogP contribution in [0.4, 0.5) is 4.39 Å². The number of aryl methyl sites for hydroxylation is 1. The summed E-state index contributed by atoms with van der Waals surface area (Å²) in [4.78, 5) is 11.2. The normalized spacial score (nSPS) is 10.3. The predicted molar refractivity (Wildman–Crippen MR) is 58.7 cm³/mol. The SMILES string of the molecule is CNCC(=O)CCc1cccc(Cl)c1F. The largest absolute Gasteiger partial charge is 0.313 e. The molecule has 0 aromatic heterocycles. The Hall–Kier alpha value is -0.930. The number of rotatable bonds is 5.